The number of hydrogen-bond acceptors (Lipinski definition) is 2. The van der Waals surface area contributed by atoms with E-state index in [0.29, 0.717) is 5.92 Å². The van der Waals surface area contributed by atoms with E-state index in [9.17, 15) is 9.90 Å². The first-order valence-corrected chi connectivity index (χ1v) is 7.22. The highest BCUT2D eigenvalue weighted by molar-refractivity contribution is 5.83. The lowest BCUT2D eigenvalue weighted by Gasteiger charge is -2.19. The van der Waals surface area contributed by atoms with Crippen LogP contribution >= 0.6 is 0 Å². The van der Waals surface area contributed by atoms with Crippen molar-refractivity contribution in [1.29, 1.82) is 0 Å². The molecule has 1 aromatic heterocycles. The Morgan fingerprint density at radius 3 is 2.70 bits per heavy atom. The van der Waals surface area contributed by atoms with Crippen LogP contribution in [-0.4, -0.2) is 21.0 Å². The highest BCUT2D eigenvalue weighted by atomic mass is 16.4. The number of aromatic amines is 1. The number of carboxylic acids is 1. The van der Waals surface area contributed by atoms with E-state index in [1.165, 1.54) is 25.7 Å². The number of aromatic nitrogens is 2. The summed E-state index contributed by atoms with van der Waals surface area (Å²) in [4.78, 5) is 19.4. The van der Waals surface area contributed by atoms with Gasteiger partial charge in [-0.15, -0.1) is 0 Å². The molecule has 3 rings (SSSR count). The minimum absolute atomic E-state index is 0.540. The number of H-pyrrole nitrogens is 1. The molecule has 20 heavy (non-hydrogen) atoms. The van der Waals surface area contributed by atoms with Gasteiger partial charge in [-0.05, 0) is 44.4 Å². The van der Waals surface area contributed by atoms with E-state index in [1.807, 2.05) is 18.2 Å². The molecule has 1 fully saturated rings. The third-order valence-electron chi connectivity index (χ3n) is 4.50. The summed E-state index contributed by atoms with van der Waals surface area (Å²) in [5, 5.41) is 9.32. The number of aliphatic carboxylic acids is 1. The Kier molecular flexibility index (Phi) is 3.04. The van der Waals surface area contributed by atoms with Crippen LogP contribution in [-0.2, 0) is 10.2 Å². The number of carbonyl (C=O) groups is 1. The lowest BCUT2D eigenvalue weighted by Crippen LogP contribution is -2.28. The highest BCUT2D eigenvalue weighted by Gasteiger charge is 2.30. The van der Waals surface area contributed by atoms with Crippen LogP contribution in [0, 0.1) is 0 Å². The molecule has 0 unspecified atom stereocenters. The van der Waals surface area contributed by atoms with Crippen molar-refractivity contribution in [2.24, 2.45) is 0 Å². The van der Waals surface area contributed by atoms with Crippen LogP contribution < -0.4 is 0 Å². The Labute approximate surface area is 118 Å². The molecule has 1 aromatic carbocycles. The van der Waals surface area contributed by atoms with Gasteiger partial charge in [0.25, 0.3) is 0 Å². The average molecular weight is 272 g/mol. The topological polar surface area (TPSA) is 66.0 Å². The van der Waals surface area contributed by atoms with Crippen LogP contribution in [0.2, 0.25) is 0 Å². The normalized spacial score (nSPS) is 16.9. The van der Waals surface area contributed by atoms with Crippen LogP contribution in [0.5, 0.6) is 0 Å². The maximum atomic E-state index is 11.3. The number of fused-ring (bicyclic) bond motifs is 1. The molecule has 0 spiro atoms. The van der Waals surface area contributed by atoms with Gasteiger partial charge in [0.2, 0.25) is 0 Å². The third kappa shape index (κ3) is 2.09. The largest absolute Gasteiger partial charge is 0.481 e. The number of benzene rings is 1. The van der Waals surface area contributed by atoms with Crippen LogP contribution in [0.4, 0.5) is 0 Å². The van der Waals surface area contributed by atoms with Gasteiger partial charge >= 0.3 is 5.97 Å². The summed E-state index contributed by atoms with van der Waals surface area (Å²) in [5.74, 6) is 0.786. The molecule has 0 bridgehead atoms. The SMILES string of the molecule is CC(C)(C(=O)O)c1ccc2nc(C3CCCC3)[nH]c2c1. The Bertz CT molecular complexity index is 652. The second kappa shape index (κ2) is 4.62. The van der Waals surface area contributed by atoms with Crippen LogP contribution in [0.25, 0.3) is 11.0 Å². The molecule has 0 radical (unpaired) electrons. The van der Waals surface area contributed by atoms with E-state index in [0.717, 1.165) is 22.4 Å². The number of imidazole rings is 1. The smallest absolute Gasteiger partial charge is 0.313 e. The minimum atomic E-state index is -0.882. The van der Waals surface area contributed by atoms with Crippen molar-refractivity contribution >= 4 is 17.0 Å². The van der Waals surface area contributed by atoms with Gasteiger partial charge in [0.1, 0.15) is 5.82 Å². The molecule has 0 aliphatic heterocycles. The maximum absolute atomic E-state index is 11.3. The molecule has 1 aliphatic carbocycles. The van der Waals surface area contributed by atoms with Crippen molar-refractivity contribution in [3.05, 3.63) is 29.6 Å². The van der Waals surface area contributed by atoms with Gasteiger partial charge in [0.05, 0.1) is 16.4 Å². The van der Waals surface area contributed by atoms with E-state index in [1.54, 1.807) is 13.8 Å². The van der Waals surface area contributed by atoms with E-state index in [-0.39, 0.29) is 0 Å². The molecule has 0 amide bonds. The Morgan fingerprint density at radius 1 is 1.35 bits per heavy atom. The van der Waals surface area contributed by atoms with Gasteiger partial charge in [-0.1, -0.05) is 18.9 Å². The molecule has 1 heterocycles. The zero-order valence-corrected chi connectivity index (χ0v) is 11.9. The van der Waals surface area contributed by atoms with Crippen LogP contribution in [0.1, 0.15) is 56.8 Å². The average Bonchev–Trinajstić information content (AvgIpc) is 3.06. The summed E-state index contributed by atoms with van der Waals surface area (Å²) in [7, 11) is 0. The van der Waals surface area contributed by atoms with Crippen molar-refractivity contribution in [3.63, 3.8) is 0 Å². The second-order valence-corrected chi connectivity index (χ2v) is 6.27. The predicted molar refractivity (Wildman–Crippen MR) is 78.0 cm³/mol. The summed E-state index contributed by atoms with van der Waals surface area (Å²) in [6.07, 6.45) is 4.96. The van der Waals surface area contributed by atoms with Crippen molar-refractivity contribution in [1.82, 2.24) is 9.97 Å². The number of nitrogens with one attached hydrogen (secondary N) is 1. The van der Waals surface area contributed by atoms with E-state index >= 15 is 0 Å². The van der Waals surface area contributed by atoms with Gasteiger partial charge in [-0.2, -0.15) is 0 Å². The number of carboxylic acid groups (broad SMARTS) is 1. The van der Waals surface area contributed by atoms with Gasteiger partial charge < -0.3 is 10.1 Å². The molecule has 2 aromatic rings. The Hall–Kier alpha value is -1.84. The van der Waals surface area contributed by atoms with E-state index < -0.39 is 11.4 Å². The molecule has 1 aliphatic rings. The second-order valence-electron chi connectivity index (χ2n) is 6.27. The van der Waals surface area contributed by atoms with E-state index in [4.69, 9.17) is 0 Å². The Balaban J connectivity index is 2.01. The first kappa shape index (κ1) is 13.2. The number of rotatable bonds is 3. The summed E-state index contributed by atoms with van der Waals surface area (Å²) >= 11 is 0. The summed E-state index contributed by atoms with van der Waals surface area (Å²) in [6, 6.07) is 5.72. The lowest BCUT2D eigenvalue weighted by atomic mass is 9.85. The molecule has 0 saturated heterocycles. The van der Waals surface area contributed by atoms with Gasteiger partial charge in [-0.25, -0.2) is 4.98 Å². The van der Waals surface area contributed by atoms with Gasteiger partial charge in [0.15, 0.2) is 0 Å². The summed E-state index contributed by atoms with van der Waals surface area (Å²) < 4.78 is 0. The monoisotopic (exact) mass is 272 g/mol. The molecule has 0 atom stereocenters. The zero-order chi connectivity index (χ0) is 14.3. The molecule has 1 saturated carbocycles. The first-order chi connectivity index (χ1) is 9.48. The summed E-state index contributed by atoms with van der Waals surface area (Å²) in [5.41, 5.74) is 1.79. The molecule has 4 heteroatoms. The fourth-order valence-corrected chi connectivity index (χ4v) is 2.93. The summed E-state index contributed by atoms with van der Waals surface area (Å²) in [6.45, 7) is 3.45. The Morgan fingerprint density at radius 2 is 2.05 bits per heavy atom. The molecule has 4 nitrogen and oxygen atoms in total. The lowest BCUT2D eigenvalue weighted by molar-refractivity contribution is -0.142. The van der Waals surface area contributed by atoms with Crippen LogP contribution in [0.3, 0.4) is 0 Å². The highest BCUT2D eigenvalue weighted by Crippen LogP contribution is 2.34. The third-order valence-corrected chi connectivity index (χ3v) is 4.50. The van der Waals surface area contributed by atoms with Gasteiger partial charge in [-0.3, -0.25) is 4.79 Å². The number of hydrogen-bond donors (Lipinski definition) is 2. The standard InChI is InChI=1S/C16H20N2O2/c1-16(2,15(19)20)11-7-8-12-13(9-11)18-14(17-12)10-5-3-4-6-10/h7-10H,3-6H2,1-2H3,(H,17,18)(H,19,20). The molecular formula is C16H20N2O2. The van der Waals surface area contributed by atoms with Gasteiger partial charge in [0, 0.05) is 5.92 Å². The fourth-order valence-electron chi connectivity index (χ4n) is 2.93. The van der Waals surface area contributed by atoms with Crippen LogP contribution in [0.15, 0.2) is 18.2 Å². The molecule has 106 valence electrons. The first-order valence-electron chi connectivity index (χ1n) is 7.22. The fraction of sp³-hybridized carbons (Fsp3) is 0.500. The zero-order valence-electron chi connectivity index (χ0n) is 11.9. The maximum Gasteiger partial charge on any atom is 0.313 e. The predicted octanol–water partition coefficient (Wildman–Crippen LogP) is 3.58. The van der Waals surface area contributed by atoms with Crippen molar-refractivity contribution in [2.75, 3.05) is 0 Å². The van der Waals surface area contributed by atoms with E-state index in [2.05, 4.69) is 9.97 Å². The molecular weight excluding hydrogens is 252 g/mol. The van der Waals surface area contributed by atoms with Crippen molar-refractivity contribution in [3.8, 4) is 0 Å². The van der Waals surface area contributed by atoms with Crippen molar-refractivity contribution in [2.45, 2.75) is 50.9 Å². The number of nitrogens with zero attached hydrogens (tertiary/aromatic N) is 1. The minimum Gasteiger partial charge on any atom is -0.481 e. The van der Waals surface area contributed by atoms with Crippen molar-refractivity contribution < 1.29 is 9.90 Å². The quantitative estimate of drug-likeness (QED) is 0.897. The molecule has 2 N–H and O–H groups in total.